The molecule has 0 radical (unpaired) electrons. The molecule has 1 fully saturated rings. The molecule has 6 heteroatoms. The van der Waals surface area contributed by atoms with E-state index in [1.807, 2.05) is 0 Å². The maximum absolute atomic E-state index is 12.3. The van der Waals surface area contributed by atoms with Crippen LogP contribution < -0.4 is 11.1 Å². The van der Waals surface area contributed by atoms with Crippen molar-refractivity contribution < 1.29 is 14.7 Å². The number of benzene rings is 1. The number of urea groups is 1. The van der Waals surface area contributed by atoms with Crippen molar-refractivity contribution in [3.05, 3.63) is 35.9 Å². The van der Waals surface area contributed by atoms with E-state index in [0.29, 0.717) is 31.1 Å². The Labute approximate surface area is 123 Å². The second kappa shape index (κ2) is 6.13. The van der Waals surface area contributed by atoms with Crippen LogP contribution in [0.5, 0.6) is 0 Å². The molecule has 1 aliphatic rings. The normalized spacial score (nSPS) is 20.9. The summed E-state index contributed by atoms with van der Waals surface area (Å²) in [7, 11) is 0. The molecule has 0 bridgehead atoms. The van der Waals surface area contributed by atoms with E-state index in [2.05, 4.69) is 5.32 Å². The van der Waals surface area contributed by atoms with Crippen LogP contribution >= 0.6 is 0 Å². The number of likely N-dealkylation sites (tertiary alicyclic amines) is 1. The summed E-state index contributed by atoms with van der Waals surface area (Å²) < 4.78 is 0. The Morgan fingerprint density at radius 1 is 1.43 bits per heavy atom. The van der Waals surface area contributed by atoms with Crippen molar-refractivity contribution in [2.45, 2.75) is 18.9 Å². The monoisotopic (exact) mass is 291 g/mol. The van der Waals surface area contributed by atoms with Gasteiger partial charge < -0.3 is 21.1 Å². The van der Waals surface area contributed by atoms with Gasteiger partial charge in [-0.2, -0.15) is 0 Å². The van der Waals surface area contributed by atoms with E-state index in [9.17, 15) is 14.7 Å². The third-order valence-corrected chi connectivity index (χ3v) is 4.04. The Morgan fingerprint density at radius 3 is 2.62 bits per heavy atom. The number of nitrogens with two attached hydrogens (primary N) is 1. The van der Waals surface area contributed by atoms with E-state index >= 15 is 0 Å². The third-order valence-electron chi connectivity index (χ3n) is 4.04. The zero-order valence-electron chi connectivity index (χ0n) is 12.1. The Morgan fingerprint density at radius 2 is 2.10 bits per heavy atom. The van der Waals surface area contributed by atoms with E-state index in [1.54, 1.807) is 35.2 Å². The van der Waals surface area contributed by atoms with Crippen molar-refractivity contribution >= 4 is 12.0 Å². The summed E-state index contributed by atoms with van der Waals surface area (Å²) in [5, 5.41) is 12.2. The zero-order valence-corrected chi connectivity index (χ0v) is 12.1. The standard InChI is InChI=1S/C15H21N3O3/c1-15(13(19)20,12-5-3-2-4-6-12)17-14(21)18-8-7-11(9-16)10-18/h2-6,11H,7-10,16H2,1H3,(H,17,21)(H,19,20). The fraction of sp³-hybridized carbons (Fsp3) is 0.467. The molecule has 0 aliphatic carbocycles. The minimum atomic E-state index is -1.45. The zero-order chi connectivity index (χ0) is 15.5. The average molecular weight is 291 g/mol. The molecular formula is C15H21N3O3. The van der Waals surface area contributed by atoms with Crippen LogP contribution in [0.1, 0.15) is 18.9 Å². The molecule has 1 saturated heterocycles. The molecule has 2 rings (SSSR count). The number of aliphatic carboxylic acids is 1. The van der Waals surface area contributed by atoms with Gasteiger partial charge in [0.2, 0.25) is 0 Å². The Kier molecular flexibility index (Phi) is 4.47. The molecule has 21 heavy (non-hydrogen) atoms. The molecule has 2 unspecified atom stereocenters. The van der Waals surface area contributed by atoms with Crippen molar-refractivity contribution in [1.82, 2.24) is 10.2 Å². The second-order valence-corrected chi connectivity index (χ2v) is 5.56. The quantitative estimate of drug-likeness (QED) is 0.770. The van der Waals surface area contributed by atoms with Crippen LogP contribution in [-0.2, 0) is 10.3 Å². The van der Waals surface area contributed by atoms with Crippen molar-refractivity contribution in [2.24, 2.45) is 11.7 Å². The highest BCUT2D eigenvalue weighted by Gasteiger charge is 2.39. The maximum Gasteiger partial charge on any atom is 0.333 e. The summed E-state index contributed by atoms with van der Waals surface area (Å²) in [6.07, 6.45) is 0.860. The van der Waals surface area contributed by atoms with Crippen LogP contribution in [0.25, 0.3) is 0 Å². The number of rotatable bonds is 4. The first-order valence-corrected chi connectivity index (χ1v) is 7.03. The van der Waals surface area contributed by atoms with E-state index in [1.165, 1.54) is 6.92 Å². The van der Waals surface area contributed by atoms with Crippen molar-refractivity contribution in [2.75, 3.05) is 19.6 Å². The topological polar surface area (TPSA) is 95.7 Å². The van der Waals surface area contributed by atoms with Gasteiger partial charge >= 0.3 is 12.0 Å². The number of hydrogen-bond donors (Lipinski definition) is 3. The van der Waals surface area contributed by atoms with Crippen LogP contribution in [0, 0.1) is 5.92 Å². The van der Waals surface area contributed by atoms with E-state index in [0.717, 1.165) is 6.42 Å². The third kappa shape index (κ3) is 3.16. The Bertz CT molecular complexity index is 520. The predicted octanol–water partition coefficient (Wildman–Crippen LogP) is 0.977. The minimum absolute atomic E-state index is 0.295. The van der Waals surface area contributed by atoms with Crippen LogP contribution in [0.4, 0.5) is 4.79 Å². The van der Waals surface area contributed by atoms with E-state index in [4.69, 9.17) is 5.73 Å². The molecule has 0 spiro atoms. The Balaban J connectivity index is 2.14. The number of amides is 2. The molecule has 2 atom stereocenters. The fourth-order valence-electron chi connectivity index (χ4n) is 2.52. The lowest BCUT2D eigenvalue weighted by Crippen LogP contribution is -2.53. The minimum Gasteiger partial charge on any atom is -0.479 e. The lowest BCUT2D eigenvalue weighted by molar-refractivity contribution is -0.144. The molecule has 1 heterocycles. The molecule has 0 saturated carbocycles. The van der Waals surface area contributed by atoms with Crippen LogP contribution in [0.3, 0.4) is 0 Å². The van der Waals surface area contributed by atoms with Gasteiger partial charge in [-0.15, -0.1) is 0 Å². The number of carboxylic acid groups (broad SMARTS) is 1. The van der Waals surface area contributed by atoms with Crippen LogP contribution in [0.15, 0.2) is 30.3 Å². The summed E-state index contributed by atoms with van der Waals surface area (Å²) >= 11 is 0. The van der Waals surface area contributed by atoms with Crippen LogP contribution in [-0.4, -0.2) is 41.6 Å². The largest absolute Gasteiger partial charge is 0.479 e. The number of nitrogens with one attached hydrogen (secondary N) is 1. The number of carbonyl (C=O) groups is 2. The fourth-order valence-corrected chi connectivity index (χ4v) is 2.52. The molecule has 6 nitrogen and oxygen atoms in total. The number of nitrogens with zero attached hydrogens (tertiary/aromatic N) is 1. The molecule has 114 valence electrons. The van der Waals surface area contributed by atoms with Crippen molar-refractivity contribution in [3.63, 3.8) is 0 Å². The van der Waals surface area contributed by atoms with Gasteiger partial charge in [0.15, 0.2) is 5.54 Å². The predicted molar refractivity (Wildman–Crippen MR) is 78.7 cm³/mol. The van der Waals surface area contributed by atoms with E-state index in [-0.39, 0.29) is 6.03 Å². The van der Waals surface area contributed by atoms with E-state index < -0.39 is 11.5 Å². The molecule has 2 amide bonds. The number of carbonyl (C=O) groups excluding carboxylic acids is 1. The van der Waals surface area contributed by atoms with Gasteiger partial charge in [0.1, 0.15) is 0 Å². The summed E-state index contributed by atoms with van der Waals surface area (Å²) in [6.45, 7) is 3.22. The van der Waals surface area contributed by atoms with Gasteiger partial charge in [-0.05, 0) is 31.4 Å². The highest BCUT2D eigenvalue weighted by molar-refractivity contribution is 5.87. The van der Waals surface area contributed by atoms with Crippen molar-refractivity contribution in [3.8, 4) is 0 Å². The smallest absolute Gasteiger partial charge is 0.333 e. The second-order valence-electron chi connectivity index (χ2n) is 5.56. The lowest BCUT2D eigenvalue weighted by Gasteiger charge is -2.29. The maximum atomic E-state index is 12.3. The van der Waals surface area contributed by atoms with Crippen LogP contribution in [0.2, 0.25) is 0 Å². The number of hydrogen-bond acceptors (Lipinski definition) is 3. The first-order chi connectivity index (χ1) is 9.97. The summed E-state index contributed by atoms with van der Waals surface area (Å²) in [5.41, 5.74) is 4.71. The summed E-state index contributed by atoms with van der Waals surface area (Å²) in [4.78, 5) is 25.6. The summed E-state index contributed by atoms with van der Waals surface area (Å²) in [6, 6.07) is 8.34. The van der Waals surface area contributed by atoms with Gasteiger partial charge in [-0.25, -0.2) is 9.59 Å². The average Bonchev–Trinajstić information content (AvgIpc) is 2.97. The van der Waals surface area contributed by atoms with Gasteiger partial charge in [0, 0.05) is 13.1 Å². The first kappa shape index (κ1) is 15.3. The molecule has 1 aromatic rings. The SMILES string of the molecule is CC(NC(=O)N1CCC(CN)C1)(C(=O)O)c1ccccc1. The van der Waals surface area contributed by atoms with Gasteiger partial charge in [-0.3, -0.25) is 0 Å². The molecule has 1 aromatic carbocycles. The molecule has 1 aliphatic heterocycles. The number of carboxylic acids is 1. The Hall–Kier alpha value is -2.08. The van der Waals surface area contributed by atoms with Gasteiger partial charge in [-0.1, -0.05) is 30.3 Å². The highest BCUT2D eigenvalue weighted by atomic mass is 16.4. The van der Waals surface area contributed by atoms with Gasteiger partial charge in [0.25, 0.3) is 0 Å². The highest BCUT2D eigenvalue weighted by Crippen LogP contribution is 2.22. The van der Waals surface area contributed by atoms with Gasteiger partial charge in [0.05, 0.1) is 0 Å². The molecule has 4 N–H and O–H groups in total. The van der Waals surface area contributed by atoms with Crippen molar-refractivity contribution in [1.29, 1.82) is 0 Å². The first-order valence-electron chi connectivity index (χ1n) is 7.03. The molecular weight excluding hydrogens is 270 g/mol. The summed E-state index contributed by atoms with van der Waals surface area (Å²) in [5.74, 6) is -0.791. The lowest BCUT2D eigenvalue weighted by atomic mass is 9.92. The molecule has 0 aromatic heterocycles.